The second kappa shape index (κ2) is 5.37. The molecule has 6 heteroatoms. The lowest BCUT2D eigenvalue weighted by Crippen LogP contribution is -2.59. The molecule has 6 nitrogen and oxygen atoms in total. The number of benzene rings is 1. The first-order chi connectivity index (χ1) is 12.5. The Morgan fingerprint density at radius 2 is 2.04 bits per heavy atom. The predicted molar refractivity (Wildman–Crippen MR) is 98.4 cm³/mol. The van der Waals surface area contributed by atoms with Gasteiger partial charge in [0.2, 0.25) is 0 Å². The fraction of sp³-hybridized carbons (Fsp3) is 0.400. The number of nitrogens with two attached hydrogens (primary N) is 1. The normalized spacial score (nSPS) is 28.7. The van der Waals surface area contributed by atoms with Crippen molar-refractivity contribution in [1.29, 1.82) is 0 Å². The van der Waals surface area contributed by atoms with Crippen LogP contribution in [0.5, 0.6) is 0 Å². The molecule has 3 aliphatic rings. The molecule has 0 spiro atoms. The Kier molecular flexibility index (Phi) is 3.20. The highest BCUT2D eigenvalue weighted by molar-refractivity contribution is 5.76. The number of hydrogen-bond donors (Lipinski definition) is 2. The summed E-state index contributed by atoms with van der Waals surface area (Å²) < 4.78 is 1.85. The van der Waals surface area contributed by atoms with Crippen LogP contribution >= 0.6 is 0 Å². The molecule has 0 aliphatic carbocycles. The molecule has 3 aliphatic heterocycles. The Morgan fingerprint density at radius 3 is 2.85 bits per heavy atom. The second-order valence-corrected chi connectivity index (χ2v) is 7.79. The average molecular weight is 351 g/mol. The van der Waals surface area contributed by atoms with Gasteiger partial charge in [-0.15, -0.1) is 0 Å². The predicted octanol–water partition coefficient (Wildman–Crippen LogP) is 1.68. The van der Waals surface area contributed by atoms with Gasteiger partial charge >= 0.3 is 5.97 Å². The number of aromatic nitrogens is 1. The molecule has 0 saturated carbocycles. The van der Waals surface area contributed by atoms with Crippen molar-refractivity contribution in [1.82, 2.24) is 4.57 Å². The first-order valence-corrected chi connectivity index (χ1v) is 9.10. The van der Waals surface area contributed by atoms with Crippen molar-refractivity contribution in [2.24, 2.45) is 11.8 Å². The van der Waals surface area contributed by atoms with Crippen molar-refractivity contribution in [3.8, 4) is 0 Å². The van der Waals surface area contributed by atoms with Crippen LogP contribution in [-0.2, 0) is 17.8 Å². The van der Waals surface area contributed by atoms with Crippen molar-refractivity contribution in [3.63, 3.8) is 0 Å². The number of fused-ring (bicyclic) bond motifs is 8. The number of anilines is 2. The van der Waals surface area contributed by atoms with Crippen LogP contribution in [0.25, 0.3) is 0 Å². The summed E-state index contributed by atoms with van der Waals surface area (Å²) in [6.07, 6.45) is 1.42. The average Bonchev–Trinajstić information content (AvgIpc) is 2.61. The van der Waals surface area contributed by atoms with Crippen LogP contribution in [0.2, 0.25) is 0 Å². The van der Waals surface area contributed by atoms with E-state index in [-0.39, 0.29) is 17.5 Å². The molecule has 1 aromatic heterocycles. The summed E-state index contributed by atoms with van der Waals surface area (Å²) in [5.74, 6) is -0.871. The summed E-state index contributed by atoms with van der Waals surface area (Å²) in [7, 11) is 0. The second-order valence-electron chi connectivity index (χ2n) is 7.79. The Morgan fingerprint density at radius 1 is 1.19 bits per heavy atom. The molecule has 2 aromatic rings. The zero-order valence-electron chi connectivity index (χ0n) is 14.3. The largest absolute Gasteiger partial charge is 0.481 e. The smallest absolute Gasteiger partial charge is 0.308 e. The lowest BCUT2D eigenvalue weighted by atomic mass is 9.69. The number of aliphatic carboxylic acids is 1. The van der Waals surface area contributed by atoms with Gasteiger partial charge < -0.3 is 20.3 Å². The van der Waals surface area contributed by atoms with E-state index < -0.39 is 11.9 Å². The van der Waals surface area contributed by atoms with Crippen molar-refractivity contribution < 1.29 is 9.90 Å². The highest BCUT2D eigenvalue weighted by Gasteiger charge is 2.49. The molecule has 5 rings (SSSR count). The summed E-state index contributed by atoms with van der Waals surface area (Å²) >= 11 is 0. The number of pyridine rings is 1. The van der Waals surface area contributed by atoms with Gasteiger partial charge in [0.25, 0.3) is 5.56 Å². The Labute approximate surface area is 150 Å². The van der Waals surface area contributed by atoms with Crippen molar-refractivity contribution in [3.05, 3.63) is 58.0 Å². The number of carbonyl (C=O) groups is 1. The molecule has 3 N–H and O–H groups in total. The third-order valence-electron chi connectivity index (χ3n) is 6.30. The standard InChI is InChI=1S/C20H21N3O3/c21-13-4-5-16-12(7-13)8-15(20(25)26)19-14-6-11(10-23(16)19)9-22-17(14)2-1-3-18(22)24/h1-5,7,11,14-15,19H,6,8-10,21H2,(H,25,26). The van der Waals surface area contributed by atoms with E-state index in [9.17, 15) is 14.7 Å². The Bertz CT molecular complexity index is 967. The van der Waals surface area contributed by atoms with Crippen LogP contribution in [0.1, 0.15) is 23.6 Å². The zero-order valence-corrected chi connectivity index (χ0v) is 14.3. The van der Waals surface area contributed by atoms with Crippen LogP contribution in [-0.4, -0.2) is 28.2 Å². The highest BCUT2D eigenvalue weighted by Crippen LogP contribution is 2.48. The molecular weight excluding hydrogens is 330 g/mol. The number of nitrogen functional groups attached to an aromatic ring is 1. The van der Waals surface area contributed by atoms with Gasteiger partial charge in [0.15, 0.2) is 0 Å². The minimum Gasteiger partial charge on any atom is -0.481 e. The van der Waals surface area contributed by atoms with E-state index in [1.165, 1.54) is 0 Å². The third-order valence-corrected chi connectivity index (χ3v) is 6.30. The van der Waals surface area contributed by atoms with Gasteiger partial charge in [0.1, 0.15) is 0 Å². The van der Waals surface area contributed by atoms with Crippen LogP contribution in [0, 0.1) is 11.8 Å². The van der Waals surface area contributed by atoms with Crippen molar-refractivity contribution >= 4 is 17.3 Å². The van der Waals surface area contributed by atoms with Crippen molar-refractivity contribution in [2.75, 3.05) is 17.2 Å². The van der Waals surface area contributed by atoms with Gasteiger partial charge in [-0.2, -0.15) is 0 Å². The quantitative estimate of drug-likeness (QED) is 0.763. The van der Waals surface area contributed by atoms with Gasteiger partial charge in [-0.05, 0) is 48.6 Å². The van der Waals surface area contributed by atoms with E-state index in [0.717, 1.165) is 29.9 Å². The van der Waals surface area contributed by atoms with Gasteiger partial charge in [-0.3, -0.25) is 9.59 Å². The Balaban J connectivity index is 1.69. The number of carboxylic acid groups (broad SMARTS) is 1. The molecule has 4 unspecified atom stereocenters. The van der Waals surface area contributed by atoms with E-state index in [4.69, 9.17) is 5.73 Å². The maximum Gasteiger partial charge on any atom is 0.308 e. The fourth-order valence-electron chi connectivity index (χ4n) is 5.33. The van der Waals surface area contributed by atoms with Crippen LogP contribution in [0.3, 0.4) is 0 Å². The van der Waals surface area contributed by atoms with Gasteiger partial charge in [0, 0.05) is 42.1 Å². The molecule has 4 heterocycles. The molecule has 0 radical (unpaired) electrons. The molecule has 1 aromatic carbocycles. The van der Waals surface area contributed by atoms with Crippen LogP contribution in [0.4, 0.5) is 11.4 Å². The van der Waals surface area contributed by atoms with E-state index in [1.807, 2.05) is 28.8 Å². The lowest BCUT2D eigenvalue weighted by molar-refractivity contribution is -0.143. The fourth-order valence-corrected chi connectivity index (χ4v) is 5.33. The third kappa shape index (κ3) is 2.11. The molecule has 1 saturated heterocycles. The van der Waals surface area contributed by atoms with Gasteiger partial charge in [0.05, 0.1) is 12.0 Å². The molecule has 2 bridgehead atoms. The zero-order chi connectivity index (χ0) is 18.0. The number of carboxylic acids is 1. The maximum absolute atomic E-state index is 12.3. The van der Waals surface area contributed by atoms with Crippen LogP contribution < -0.4 is 16.2 Å². The van der Waals surface area contributed by atoms with Crippen LogP contribution in [0.15, 0.2) is 41.2 Å². The topological polar surface area (TPSA) is 88.6 Å². The first kappa shape index (κ1) is 15.5. The summed E-state index contributed by atoms with van der Waals surface area (Å²) in [4.78, 5) is 26.7. The summed E-state index contributed by atoms with van der Waals surface area (Å²) in [5, 5.41) is 9.95. The number of piperidine rings is 1. The monoisotopic (exact) mass is 351 g/mol. The van der Waals surface area contributed by atoms with Crippen molar-refractivity contribution in [2.45, 2.75) is 31.3 Å². The van der Waals surface area contributed by atoms with E-state index in [2.05, 4.69) is 4.90 Å². The maximum atomic E-state index is 12.3. The summed E-state index contributed by atoms with van der Waals surface area (Å²) in [6, 6.07) is 11.1. The summed E-state index contributed by atoms with van der Waals surface area (Å²) in [6.45, 7) is 1.49. The number of nitrogens with zero attached hydrogens (tertiary/aromatic N) is 2. The van der Waals surface area contributed by atoms with E-state index in [1.54, 1.807) is 12.1 Å². The molecule has 4 atom stereocenters. The minimum absolute atomic E-state index is 0.0153. The summed E-state index contributed by atoms with van der Waals surface area (Å²) in [5.41, 5.74) is 9.71. The minimum atomic E-state index is -0.776. The number of hydrogen-bond acceptors (Lipinski definition) is 4. The molecule has 0 amide bonds. The highest BCUT2D eigenvalue weighted by atomic mass is 16.4. The molecule has 134 valence electrons. The first-order valence-electron chi connectivity index (χ1n) is 9.10. The van der Waals surface area contributed by atoms with Gasteiger partial charge in [-0.25, -0.2) is 0 Å². The lowest BCUT2D eigenvalue weighted by Gasteiger charge is -2.53. The molecule has 26 heavy (non-hydrogen) atoms. The van der Waals surface area contributed by atoms with E-state index >= 15 is 0 Å². The molecule has 1 fully saturated rings. The number of rotatable bonds is 1. The SMILES string of the molecule is Nc1ccc2c(c1)CC(C(=O)O)C1C3CC(CN21)Cn1c3cccc1=O. The van der Waals surface area contributed by atoms with Gasteiger partial charge in [-0.1, -0.05) is 6.07 Å². The van der Waals surface area contributed by atoms with E-state index in [0.29, 0.717) is 24.6 Å². The molecular formula is C20H21N3O3. The Hall–Kier alpha value is -2.76.